The van der Waals surface area contributed by atoms with E-state index in [4.69, 9.17) is 15.6 Å². The molecule has 6 N–H and O–H groups in total. The van der Waals surface area contributed by atoms with Gasteiger partial charge in [-0.1, -0.05) is 16.9 Å². The summed E-state index contributed by atoms with van der Waals surface area (Å²) in [5.41, 5.74) is 3.15. The molecule has 2 aliphatic heterocycles. The second-order valence-corrected chi connectivity index (χ2v) is 13.9. The molecule has 0 radical (unpaired) electrons. The number of fused-ring (bicyclic) bond motifs is 1. The third-order valence-corrected chi connectivity index (χ3v) is 9.67. The normalized spacial score (nSPS) is 21.2. The van der Waals surface area contributed by atoms with Crippen LogP contribution in [0, 0.1) is 5.41 Å². The predicted octanol–water partition coefficient (Wildman–Crippen LogP) is -0.910. The highest BCUT2D eigenvalue weighted by molar-refractivity contribution is 8.00. The van der Waals surface area contributed by atoms with Gasteiger partial charge in [-0.3, -0.25) is 14.4 Å². The maximum Gasteiger partial charge on any atom is 0.407 e. The molecule has 2 unspecified atom stereocenters. The molecule has 2 saturated heterocycles. The van der Waals surface area contributed by atoms with E-state index in [1.54, 1.807) is 20.8 Å². The van der Waals surface area contributed by atoms with Gasteiger partial charge in [-0.15, -0.1) is 16.9 Å². The number of nitrogens with two attached hydrogens (primary N) is 1. The largest absolute Gasteiger partial charge is 0.481 e. The molecule has 2 fully saturated rings. The number of ether oxygens (including phenoxy) is 1. The van der Waals surface area contributed by atoms with Gasteiger partial charge >= 0.3 is 18.0 Å². The zero-order chi connectivity index (χ0) is 33.6. The number of β-lactam (4-membered cyclic amide) rings is 1. The number of rotatable bonds is 14. The second kappa shape index (κ2) is 14.5. The molecule has 0 saturated carbocycles. The van der Waals surface area contributed by atoms with Crippen LogP contribution in [0.25, 0.3) is 0 Å². The van der Waals surface area contributed by atoms with Crippen LogP contribution in [0.15, 0.2) is 10.3 Å². The maximum atomic E-state index is 13.1. The Balaban J connectivity index is 1.33. The van der Waals surface area contributed by atoms with Crippen molar-refractivity contribution in [2.75, 3.05) is 36.9 Å². The van der Waals surface area contributed by atoms with Crippen LogP contribution in [-0.4, -0.2) is 128 Å². The Kier molecular flexibility index (Phi) is 10.9. The highest BCUT2D eigenvalue weighted by Gasteiger charge is 2.57. The quantitative estimate of drug-likeness (QED) is 0.0524. The summed E-state index contributed by atoms with van der Waals surface area (Å²) in [5, 5.41) is 39.2. The van der Waals surface area contributed by atoms with E-state index in [1.807, 2.05) is 0 Å². The van der Waals surface area contributed by atoms with Crippen LogP contribution in [0.5, 0.6) is 0 Å². The van der Waals surface area contributed by atoms with Gasteiger partial charge < -0.3 is 41.1 Å². The van der Waals surface area contributed by atoms with Crippen molar-refractivity contribution in [1.29, 1.82) is 0 Å². The lowest BCUT2D eigenvalue weighted by atomic mass is 9.89. The van der Waals surface area contributed by atoms with Gasteiger partial charge in [0, 0.05) is 42.7 Å². The molecule has 3 amide bonds. The van der Waals surface area contributed by atoms with Crippen LogP contribution < -0.4 is 16.4 Å². The van der Waals surface area contributed by atoms with E-state index in [0.717, 1.165) is 23.3 Å². The fraction of sp³-hybridized carbons (Fsp3) is 0.609. The number of thioether (sulfide) groups is 2. The zero-order valence-corrected chi connectivity index (χ0v) is 27.2. The molecule has 0 bridgehead atoms. The summed E-state index contributed by atoms with van der Waals surface area (Å²) in [4.78, 5) is 71.2. The van der Waals surface area contributed by atoms with Crippen LogP contribution >= 0.6 is 35.1 Å². The van der Waals surface area contributed by atoms with Gasteiger partial charge in [0.15, 0.2) is 5.13 Å². The molecule has 4 rings (SSSR count). The smallest absolute Gasteiger partial charge is 0.407 e. The average Bonchev–Trinajstić information content (AvgIpc) is 3.62. The first kappa shape index (κ1) is 34.6. The fourth-order valence-electron chi connectivity index (χ4n) is 4.16. The fourth-order valence-corrected chi connectivity index (χ4v) is 7.36. The highest BCUT2D eigenvalue weighted by Crippen LogP contribution is 2.44. The number of amides is 3. The summed E-state index contributed by atoms with van der Waals surface area (Å²) in [6.45, 7) is 4.98. The van der Waals surface area contributed by atoms with Crippen molar-refractivity contribution in [2.45, 2.75) is 55.9 Å². The van der Waals surface area contributed by atoms with Crippen molar-refractivity contribution in [3.05, 3.63) is 5.82 Å². The number of carboxylic acid groups (broad SMARTS) is 2. The van der Waals surface area contributed by atoms with E-state index in [1.165, 1.54) is 21.3 Å². The number of alkyl carbamates (subject to hydrolysis) is 1. The summed E-state index contributed by atoms with van der Waals surface area (Å²) in [7, 11) is 0. The average molecular weight is 702 g/mol. The Labute approximate surface area is 273 Å². The van der Waals surface area contributed by atoms with Gasteiger partial charge in [0.2, 0.25) is 29.2 Å². The number of nitrogens with zero attached hydrogens (tertiary/aromatic N) is 8. The summed E-state index contributed by atoms with van der Waals surface area (Å²) in [6, 6.07) is -1.01. The van der Waals surface area contributed by atoms with E-state index in [2.05, 4.69) is 45.5 Å². The number of anilines is 1. The molecule has 0 aromatic carbocycles. The van der Waals surface area contributed by atoms with Crippen LogP contribution in [-0.2, 0) is 35.3 Å². The van der Waals surface area contributed by atoms with Gasteiger partial charge in [-0.05, 0) is 37.6 Å². The minimum atomic E-state index is -1.34. The van der Waals surface area contributed by atoms with Crippen molar-refractivity contribution in [2.24, 2.45) is 10.6 Å². The van der Waals surface area contributed by atoms with E-state index in [-0.39, 0.29) is 29.0 Å². The molecular formula is C23H31N11O9S3. The van der Waals surface area contributed by atoms with Crippen molar-refractivity contribution in [3.63, 3.8) is 0 Å². The Morgan fingerprint density at radius 2 is 2.02 bits per heavy atom. The molecule has 2 aliphatic rings. The molecule has 2 aromatic heterocycles. The first-order chi connectivity index (χ1) is 21.7. The summed E-state index contributed by atoms with van der Waals surface area (Å²) in [6.07, 6.45) is -0.0589. The van der Waals surface area contributed by atoms with E-state index in [0.29, 0.717) is 24.7 Å². The van der Waals surface area contributed by atoms with E-state index in [9.17, 15) is 29.1 Å². The number of aryl methyl sites for hydroxylation is 1. The van der Waals surface area contributed by atoms with Crippen molar-refractivity contribution >= 4 is 75.7 Å². The minimum Gasteiger partial charge on any atom is -0.481 e. The molecule has 2 aromatic rings. The number of oxime groups is 1. The third-order valence-electron chi connectivity index (χ3n) is 6.29. The number of hydrogen-bond acceptors (Lipinski definition) is 17. The topological polar surface area (TPSA) is 279 Å². The van der Waals surface area contributed by atoms with Crippen LogP contribution in [0.4, 0.5) is 9.93 Å². The number of tetrazole rings is 1. The lowest BCUT2D eigenvalue weighted by Crippen LogP contribution is -2.74. The standard InChI is InChI=1S/C23H31N11O9S3/c1-22(2,3)43-21(41)25-5-4-6-34-20(28-31-32-34)45-10-23(18(39)40)8-33-16(38)13(17(33)44-9-23)26-15(37)12(29-42-7-11(35)36)14-27-19(24)46-30-14/h13,17H,4-10H2,1-3H3,(H,25,41)(H,26,37)(H,35,36)(H,39,40)(H2,24,27,30)/t13?,17-,23?/m1/s1. The molecule has 46 heavy (non-hydrogen) atoms. The van der Waals surface area contributed by atoms with Crippen molar-refractivity contribution < 1.29 is 43.8 Å². The van der Waals surface area contributed by atoms with Gasteiger partial charge in [0.1, 0.15) is 22.4 Å². The SMILES string of the molecule is CC(C)(C)OC(=O)NCCCn1nnnc1SCC1(C(=O)O)CS[C@@H]2C(NC(=O)C(=NOCC(=O)O)c3nsc(N)n3)C(=O)N2C1. The van der Waals surface area contributed by atoms with Crippen molar-refractivity contribution in [3.8, 4) is 0 Å². The number of carboxylic acids is 2. The number of carbonyl (C=O) groups is 5. The van der Waals surface area contributed by atoms with Gasteiger partial charge in [-0.25, -0.2) is 14.3 Å². The Morgan fingerprint density at radius 1 is 1.26 bits per heavy atom. The van der Waals surface area contributed by atoms with Gasteiger partial charge in [-0.2, -0.15) is 9.36 Å². The zero-order valence-electron chi connectivity index (χ0n) is 24.7. The molecule has 0 spiro atoms. The Bertz CT molecular complexity index is 1510. The minimum absolute atomic E-state index is 0.0228. The Morgan fingerprint density at radius 3 is 2.67 bits per heavy atom. The van der Waals surface area contributed by atoms with Crippen LogP contribution in [0.1, 0.15) is 33.0 Å². The lowest BCUT2D eigenvalue weighted by Gasteiger charge is -2.53. The van der Waals surface area contributed by atoms with E-state index >= 15 is 0 Å². The van der Waals surface area contributed by atoms with Crippen molar-refractivity contribution in [1.82, 2.24) is 45.1 Å². The molecule has 4 heterocycles. The Hall–Kier alpha value is -4.25. The molecule has 250 valence electrons. The van der Waals surface area contributed by atoms with Gasteiger partial charge in [0.05, 0.1) is 0 Å². The summed E-state index contributed by atoms with van der Waals surface area (Å²) in [5.74, 6) is -3.90. The first-order valence-electron chi connectivity index (χ1n) is 13.5. The number of aromatic nitrogens is 6. The van der Waals surface area contributed by atoms with Gasteiger partial charge in [0.25, 0.3) is 5.91 Å². The summed E-state index contributed by atoms with van der Waals surface area (Å²) >= 11 is 3.09. The summed E-state index contributed by atoms with van der Waals surface area (Å²) < 4.78 is 10.6. The predicted molar refractivity (Wildman–Crippen MR) is 162 cm³/mol. The van der Waals surface area contributed by atoms with Crippen LogP contribution in [0.2, 0.25) is 0 Å². The maximum absolute atomic E-state index is 13.1. The molecule has 3 atom stereocenters. The molecule has 23 heteroatoms. The monoisotopic (exact) mass is 701 g/mol. The number of nitrogen functional groups attached to an aromatic ring is 1. The number of nitrogens with one attached hydrogen (secondary N) is 2. The lowest BCUT2D eigenvalue weighted by molar-refractivity contribution is -0.157. The third kappa shape index (κ3) is 8.51. The number of hydrogen-bond donors (Lipinski definition) is 5. The number of carbonyl (C=O) groups excluding carboxylic acids is 3. The van der Waals surface area contributed by atoms with E-state index < -0.39 is 64.6 Å². The second-order valence-electron chi connectivity index (χ2n) is 11.0. The van der Waals surface area contributed by atoms with Crippen LogP contribution in [0.3, 0.4) is 0 Å². The molecule has 20 nitrogen and oxygen atoms in total. The molecular weight excluding hydrogens is 671 g/mol. The first-order valence-corrected chi connectivity index (χ1v) is 16.3. The highest BCUT2D eigenvalue weighted by atomic mass is 32.2. The number of aliphatic carboxylic acids is 2. The molecule has 0 aliphatic carbocycles.